The molecule has 0 saturated heterocycles. The van der Waals surface area contributed by atoms with Crippen molar-refractivity contribution in [1.29, 1.82) is 0 Å². The largest absolute Gasteiger partial charge is 1.00 e. The molecule has 0 saturated carbocycles. The smallest absolute Gasteiger partial charge is 0.748 e. The summed E-state index contributed by atoms with van der Waals surface area (Å²) in [6.45, 7) is 7.55. The van der Waals surface area contributed by atoms with Crippen LogP contribution in [-0.4, -0.2) is 24.7 Å². The monoisotopic (exact) mass is 230 g/mol. The van der Waals surface area contributed by atoms with Crippen LogP contribution in [0.15, 0.2) is 25.5 Å². The summed E-state index contributed by atoms with van der Waals surface area (Å²) in [7, 11) is -4.04. The molecule has 0 unspecified atom stereocenters. The molecule has 0 aliphatic heterocycles. The van der Waals surface area contributed by atoms with Crippen LogP contribution in [0, 0.1) is 0 Å². The fourth-order valence-corrected chi connectivity index (χ4v) is 0.550. The molecule has 0 radical (unpaired) electrons. The van der Waals surface area contributed by atoms with Gasteiger partial charge < -0.3 is 9.29 Å². The van der Waals surface area contributed by atoms with Crippen LogP contribution in [0.1, 0.15) is 6.92 Å². The third-order valence-electron chi connectivity index (χ3n) is 0.571. The van der Waals surface area contributed by atoms with Crippen LogP contribution < -0.4 is 29.6 Å². The van der Waals surface area contributed by atoms with E-state index < -0.39 is 15.9 Å². The average molecular weight is 230 g/mol. The van der Waals surface area contributed by atoms with Crippen LogP contribution in [-0.2, 0) is 19.6 Å². The number of esters is 1. The van der Waals surface area contributed by atoms with E-state index in [1.165, 1.54) is 6.92 Å². The molecule has 0 fully saturated rings. The van der Waals surface area contributed by atoms with Gasteiger partial charge in [0.1, 0.15) is 0 Å². The second-order valence-electron chi connectivity index (χ2n) is 1.79. The van der Waals surface area contributed by atoms with E-state index in [-0.39, 0.29) is 35.5 Å². The molecule has 0 aromatic heterocycles. The molecule has 0 bridgehead atoms. The van der Waals surface area contributed by atoms with Gasteiger partial charge in [-0.1, -0.05) is 12.7 Å². The predicted octanol–water partition coefficient (Wildman–Crippen LogP) is -2.59. The van der Waals surface area contributed by atoms with E-state index >= 15 is 0 Å². The number of carbonyl (C=O) groups is 1. The first kappa shape index (κ1) is 19.4. The van der Waals surface area contributed by atoms with Crippen LogP contribution >= 0.6 is 0 Å². The van der Waals surface area contributed by atoms with E-state index in [1.807, 2.05) is 0 Å². The second kappa shape index (κ2) is 10.9. The summed E-state index contributed by atoms with van der Waals surface area (Å²) in [5, 5.41) is 0. The Kier molecular flexibility index (Phi) is 15.2. The van der Waals surface area contributed by atoms with E-state index in [0.29, 0.717) is 0 Å². The maximum atomic E-state index is 9.75. The minimum absolute atomic E-state index is 0. The number of ether oxygens (including phenoxy) is 1. The molecule has 76 valence electrons. The summed E-state index contributed by atoms with van der Waals surface area (Å²) in [5.41, 5.74) is 0. The summed E-state index contributed by atoms with van der Waals surface area (Å²) in [5.74, 6) is -0.808. The van der Waals surface area contributed by atoms with E-state index in [9.17, 15) is 17.8 Å². The molecule has 0 rings (SSSR count). The molecule has 0 aromatic rings. The molecule has 14 heavy (non-hydrogen) atoms. The summed E-state index contributed by atoms with van der Waals surface area (Å²) in [6.07, 6.45) is 2.16. The standard InChI is InChI=1S/C4H6O2.C3H6O3S.Na/c1-3-6-4(2)5;1-2-3-7(4,5)6;/h3H,1H2,2H3;2H,1,3H2,(H,4,5,6);/q;;+1/p-1. The topological polar surface area (TPSA) is 83.5 Å². The van der Waals surface area contributed by atoms with E-state index in [0.717, 1.165) is 12.3 Å². The Morgan fingerprint density at radius 3 is 1.93 bits per heavy atom. The van der Waals surface area contributed by atoms with Gasteiger partial charge in [-0.3, -0.25) is 4.79 Å². The van der Waals surface area contributed by atoms with Crippen molar-refractivity contribution >= 4 is 16.1 Å². The molecule has 0 aromatic carbocycles. The molecule has 0 aliphatic carbocycles. The minimum atomic E-state index is -4.04. The zero-order valence-electron chi connectivity index (χ0n) is 8.23. The van der Waals surface area contributed by atoms with Crippen molar-refractivity contribution < 1.29 is 52.1 Å². The Hall–Kier alpha value is -0.140. The Balaban J connectivity index is -0.000000163. The quantitative estimate of drug-likeness (QED) is 0.175. The van der Waals surface area contributed by atoms with Crippen LogP contribution in [0.5, 0.6) is 0 Å². The third-order valence-corrected chi connectivity index (χ3v) is 1.22. The number of hydrogen-bond acceptors (Lipinski definition) is 5. The predicted molar refractivity (Wildman–Crippen MR) is 46.7 cm³/mol. The van der Waals surface area contributed by atoms with Crippen LogP contribution in [0.3, 0.4) is 0 Å². The van der Waals surface area contributed by atoms with Crippen molar-refractivity contribution in [2.75, 3.05) is 5.75 Å². The molecular formula is C7H11NaO5S. The van der Waals surface area contributed by atoms with Gasteiger partial charge in [-0.2, -0.15) is 0 Å². The number of carbonyl (C=O) groups excluding carboxylic acids is 1. The van der Waals surface area contributed by atoms with Gasteiger partial charge in [-0.15, -0.1) is 6.58 Å². The molecule has 0 amide bonds. The maximum absolute atomic E-state index is 9.75. The van der Waals surface area contributed by atoms with Crippen molar-refractivity contribution in [3.63, 3.8) is 0 Å². The molecule has 0 aliphatic rings. The molecule has 0 atom stereocenters. The van der Waals surface area contributed by atoms with E-state index in [1.54, 1.807) is 0 Å². The molecular weight excluding hydrogens is 219 g/mol. The summed E-state index contributed by atoms with van der Waals surface area (Å²) < 4.78 is 33.0. The van der Waals surface area contributed by atoms with Gasteiger partial charge in [0, 0.05) is 6.92 Å². The van der Waals surface area contributed by atoms with Gasteiger partial charge in [0.15, 0.2) is 0 Å². The third kappa shape index (κ3) is 29.7. The zero-order chi connectivity index (χ0) is 10.9. The van der Waals surface area contributed by atoms with Gasteiger partial charge in [-0.05, 0) is 0 Å². The fraction of sp³-hybridized carbons (Fsp3) is 0.286. The van der Waals surface area contributed by atoms with E-state index in [4.69, 9.17) is 0 Å². The first-order valence-electron chi connectivity index (χ1n) is 3.16. The number of rotatable bonds is 3. The minimum Gasteiger partial charge on any atom is -0.748 e. The van der Waals surface area contributed by atoms with Gasteiger partial charge in [0.2, 0.25) is 0 Å². The van der Waals surface area contributed by atoms with Crippen LogP contribution in [0.2, 0.25) is 0 Å². The van der Waals surface area contributed by atoms with Gasteiger partial charge >= 0.3 is 35.5 Å². The normalized spacial score (nSPS) is 8.43. The second-order valence-corrected chi connectivity index (χ2v) is 3.24. The van der Waals surface area contributed by atoms with Crippen molar-refractivity contribution in [3.05, 3.63) is 25.5 Å². The van der Waals surface area contributed by atoms with Crippen LogP contribution in [0.4, 0.5) is 0 Å². The van der Waals surface area contributed by atoms with Crippen molar-refractivity contribution in [2.24, 2.45) is 0 Å². The molecule has 0 N–H and O–H groups in total. The van der Waals surface area contributed by atoms with Gasteiger partial charge in [-0.25, -0.2) is 8.42 Å². The zero-order valence-corrected chi connectivity index (χ0v) is 11.0. The first-order chi connectivity index (χ1) is 5.83. The molecule has 0 spiro atoms. The SMILES string of the molecule is C=CCS(=O)(=O)[O-].C=COC(C)=O.[Na+]. The fourth-order valence-electron chi connectivity index (χ4n) is 0.262. The van der Waals surface area contributed by atoms with Crippen molar-refractivity contribution in [1.82, 2.24) is 0 Å². The Labute approximate surface area is 106 Å². The first-order valence-corrected chi connectivity index (χ1v) is 4.73. The number of hydrogen-bond donors (Lipinski definition) is 0. The average Bonchev–Trinajstić information content (AvgIpc) is 1.84. The maximum Gasteiger partial charge on any atom is 1.00 e. The summed E-state index contributed by atoms with van der Waals surface area (Å²) >= 11 is 0. The van der Waals surface area contributed by atoms with Gasteiger partial charge in [0.05, 0.1) is 22.1 Å². The Bertz CT molecular complexity index is 270. The van der Waals surface area contributed by atoms with Crippen LogP contribution in [0.25, 0.3) is 0 Å². The summed E-state index contributed by atoms with van der Waals surface area (Å²) in [4.78, 5) is 9.75. The van der Waals surface area contributed by atoms with Crippen molar-refractivity contribution in [3.8, 4) is 0 Å². The van der Waals surface area contributed by atoms with Crippen molar-refractivity contribution in [2.45, 2.75) is 6.92 Å². The Morgan fingerprint density at radius 1 is 1.50 bits per heavy atom. The Morgan fingerprint density at radius 2 is 1.93 bits per heavy atom. The molecule has 0 heterocycles. The summed E-state index contributed by atoms with van der Waals surface area (Å²) in [6, 6.07) is 0. The molecule has 5 nitrogen and oxygen atoms in total. The molecule has 7 heteroatoms. The van der Waals surface area contributed by atoms with E-state index in [2.05, 4.69) is 17.9 Å². The van der Waals surface area contributed by atoms with Gasteiger partial charge in [0.25, 0.3) is 0 Å².